The third-order valence-corrected chi connectivity index (χ3v) is 2.17. The number of ether oxygens (including phenoxy) is 1. The lowest BCUT2D eigenvalue weighted by Gasteiger charge is -2.00. The zero-order valence-corrected chi connectivity index (χ0v) is 10.1. The normalized spacial score (nSPS) is 10.8. The van der Waals surface area contributed by atoms with Crippen LogP contribution in [0, 0.1) is 11.6 Å². The Morgan fingerprint density at radius 2 is 2.00 bits per heavy atom. The fourth-order valence-corrected chi connectivity index (χ4v) is 1.46. The Balaban J connectivity index is 2.93. The van der Waals surface area contributed by atoms with E-state index in [0.717, 1.165) is 24.3 Å². The van der Waals surface area contributed by atoms with Crippen molar-refractivity contribution >= 4 is 28.0 Å². The first-order valence-electron chi connectivity index (χ1n) is 4.54. The molecule has 0 saturated heterocycles. The van der Waals surface area contributed by atoms with Crippen molar-refractivity contribution in [3.05, 3.63) is 39.9 Å². The van der Waals surface area contributed by atoms with Gasteiger partial charge in [-0.05, 0) is 25.1 Å². The molecule has 0 heterocycles. The molecular formula is C11H9BrF2O2. The van der Waals surface area contributed by atoms with E-state index in [1.54, 1.807) is 6.92 Å². The number of hydrogen-bond donors (Lipinski definition) is 0. The van der Waals surface area contributed by atoms with Crippen LogP contribution in [0.3, 0.4) is 0 Å². The second kappa shape index (κ2) is 5.75. The van der Waals surface area contributed by atoms with Crippen molar-refractivity contribution in [1.29, 1.82) is 0 Å². The average molecular weight is 291 g/mol. The molecule has 16 heavy (non-hydrogen) atoms. The highest BCUT2D eigenvalue weighted by Crippen LogP contribution is 2.20. The summed E-state index contributed by atoms with van der Waals surface area (Å²) in [4.78, 5) is 10.9. The SMILES string of the molecule is CCOC(=O)/C=C/c1c(F)cc(Br)cc1F. The fraction of sp³-hybridized carbons (Fsp3) is 0.182. The highest BCUT2D eigenvalue weighted by atomic mass is 79.9. The molecule has 0 aromatic heterocycles. The van der Waals surface area contributed by atoms with Gasteiger partial charge in [-0.2, -0.15) is 0 Å². The van der Waals surface area contributed by atoms with Crippen LogP contribution >= 0.6 is 15.9 Å². The summed E-state index contributed by atoms with van der Waals surface area (Å²) >= 11 is 2.96. The van der Waals surface area contributed by atoms with Crippen LogP contribution in [0.1, 0.15) is 12.5 Å². The summed E-state index contributed by atoms with van der Waals surface area (Å²) < 4.78 is 31.4. The van der Waals surface area contributed by atoms with Crippen LogP contribution in [-0.2, 0) is 9.53 Å². The maximum atomic E-state index is 13.3. The number of benzene rings is 1. The molecule has 0 saturated carbocycles. The van der Waals surface area contributed by atoms with E-state index in [4.69, 9.17) is 0 Å². The molecule has 0 N–H and O–H groups in total. The lowest BCUT2D eigenvalue weighted by atomic mass is 10.2. The Bertz CT molecular complexity index is 407. The maximum Gasteiger partial charge on any atom is 0.330 e. The minimum Gasteiger partial charge on any atom is -0.463 e. The lowest BCUT2D eigenvalue weighted by Crippen LogP contribution is -1.99. The van der Waals surface area contributed by atoms with E-state index in [0.29, 0.717) is 4.47 Å². The molecule has 0 aliphatic rings. The Labute approximate surface area is 100 Å². The van der Waals surface area contributed by atoms with Gasteiger partial charge in [0.1, 0.15) is 11.6 Å². The van der Waals surface area contributed by atoms with E-state index >= 15 is 0 Å². The first-order valence-corrected chi connectivity index (χ1v) is 5.33. The van der Waals surface area contributed by atoms with Crippen LogP contribution in [0.5, 0.6) is 0 Å². The van der Waals surface area contributed by atoms with Crippen molar-refractivity contribution < 1.29 is 18.3 Å². The number of hydrogen-bond acceptors (Lipinski definition) is 2. The molecule has 2 nitrogen and oxygen atoms in total. The summed E-state index contributed by atoms with van der Waals surface area (Å²) in [5.41, 5.74) is -0.267. The smallest absolute Gasteiger partial charge is 0.330 e. The summed E-state index contributed by atoms with van der Waals surface area (Å²) in [5.74, 6) is -2.12. The fourth-order valence-electron chi connectivity index (χ4n) is 1.05. The van der Waals surface area contributed by atoms with E-state index < -0.39 is 17.6 Å². The minimum atomic E-state index is -0.743. The minimum absolute atomic E-state index is 0.217. The number of carbonyl (C=O) groups excluding carboxylic acids is 1. The topological polar surface area (TPSA) is 26.3 Å². The number of rotatable bonds is 3. The quantitative estimate of drug-likeness (QED) is 0.631. The molecule has 1 rings (SSSR count). The van der Waals surface area contributed by atoms with Gasteiger partial charge in [0.2, 0.25) is 0 Å². The summed E-state index contributed by atoms with van der Waals surface area (Å²) in [6, 6.07) is 2.24. The molecule has 1 aromatic rings. The number of carbonyl (C=O) groups is 1. The monoisotopic (exact) mass is 290 g/mol. The highest BCUT2D eigenvalue weighted by molar-refractivity contribution is 9.10. The predicted molar refractivity (Wildman–Crippen MR) is 59.7 cm³/mol. The van der Waals surface area contributed by atoms with E-state index in [9.17, 15) is 13.6 Å². The second-order valence-corrected chi connectivity index (χ2v) is 3.78. The molecule has 5 heteroatoms. The largest absolute Gasteiger partial charge is 0.463 e. The van der Waals surface area contributed by atoms with E-state index in [1.165, 1.54) is 0 Å². The van der Waals surface area contributed by atoms with Crippen molar-refractivity contribution in [2.45, 2.75) is 6.92 Å². The Kier molecular flexibility index (Phi) is 4.61. The molecule has 0 radical (unpaired) electrons. The van der Waals surface area contributed by atoms with Gasteiger partial charge >= 0.3 is 5.97 Å². The summed E-state index contributed by atoms with van der Waals surface area (Å²) in [7, 11) is 0. The van der Waals surface area contributed by atoms with Gasteiger partial charge < -0.3 is 4.74 Å². The molecule has 1 aromatic carbocycles. The van der Waals surface area contributed by atoms with Gasteiger partial charge in [-0.3, -0.25) is 0 Å². The predicted octanol–water partition coefficient (Wildman–Crippen LogP) is 3.30. The summed E-state index contributed by atoms with van der Waals surface area (Å²) in [6.45, 7) is 1.86. The highest BCUT2D eigenvalue weighted by Gasteiger charge is 2.08. The van der Waals surface area contributed by atoms with Crippen LogP contribution in [0.4, 0.5) is 8.78 Å². The molecule has 86 valence electrons. The van der Waals surface area contributed by atoms with Crippen LogP contribution in [0.15, 0.2) is 22.7 Å². The van der Waals surface area contributed by atoms with Crippen LogP contribution in [0.2, 0.25) is 0 Å². The van der Waals surface area contributed by atoms with Crippen molar-refractivity contribution in [2.75, 3.05) is 6.61 Å². The van der Waals surface area contributed by atoms with Gasteiger partial charge in [0.15, 0.2) is 0 Å². The molecule has 0 unspecified atom stereocenters. The zero-order valence-electron chi connectivity index (χ0n) is 8.47. The Hall–Kier alpha value is -1.23. The van der Waals surface area contributed by atoms with Gasteiger partial charge in [0.05, 0.1) is 6.61 Å². The third-order valence-electron chi connectivity index (χ3n) is 1.72. The molecule has 0 aliphatic heterocycles. The lowest BCUT2D eigenvalue weighted by molar-refractivity contribution is -0.137. The van der Waals surface area contributed by atoms with Gasteiger partial charge in [-0.1, -0.05) is 15.9 Å². The van der Waals surface area contributed by atoms with Crippen LogP contribution in [-0.4, -0.2) is 12.6 Å². The molecular weight excluding hydrogens is 282 g/mol. The van der Waals surface area contributed by atoms with E-state index in [2.05, 4.69) is 20.7 Å². The van der Waals surface area contributed by atoms with Gasteiger partial charge in [0, 0.05) is 16.1 Å². The second-order valence-electron chi connectivity index (χ2n) is 2.87. The van der Waals surface area contributed by atoms with Gasteiger partial charge in [-0.15, -0.1) is 0 Å². The Morgan fingerprint density at radius 1 is 1.44 bits per heavy atom. The summed E-state index contributed by atoms with van der Waals surface area (Å²) in [6.07, 6.45) is 2.04. The Morgan fingerprint density at radius 3 is 2.50 bits per heavy atom. The molecule has 0 fully saturated rings. The van der Waals surface area contributed by atoms with Crippen LogP contribution in [0.25, 0.3) is 6.08 Å². The summed E-state index contributed by atoms with van der Waals surface area (Å²) in [5, 5.41) is 0. The molecule has 0 bridgehead atoms. The molecule has 0 atom stereocenters. The average Bonchev–Trinajstić information content (AvgIpc) is 2.16. The first kappa shape index (κ1) is 12.8. The van der Waals surface area contributed by atoms with Crippen molar-refractivity contribution in [3.63, 3.8) is 0 Å². The van der Waals surface area contributed by atoms with Gasteiger partial charge in [0.25, 0.3) is 0 Å². The van der Waals surface area contributed by atoms with Crippen molar-refractivity contribution in [2.24, 2.45) is 0 Å². The third kappa shape index (κ3) is 3.41. The van der Waals surface area contributed by atoms with E-state index in [-0.39, 0.29) is 12.2 Å². The maximum absolute atomic E-state index is 13.3. The van der Waals surface area contributed by atoms with Crippen molar-refractivity contribution in [1.82, 2.24) is 0 Å². The van der Waals surface area contributed by atoms with Crippen LogP contribution < -0.4 is 0 Å². The zero-order chi connectivity index (χ0) is 12.1. The first-order chi connectivity index (χ1) is 7.54. The molecule has 0 aliphatic carbocycles. The number of halogens is 3. The molecule has 0 spiro atoms. The van der Waals surface area contributed by atoms with Gasteiger partial charge in [-0.25, -0.2) is 13.6 Å². The van der Waals surface area contributed by atoms with E-state index in [1.807, 2.05) is 0 Å². The standard InChI is InChI=1S/C11H9BrF2O2/c1-2-16-11(15)4-3-8-9(13)5-7(12)6-10(8)14/h3-6H,2H2,1H3/b4-3+. The van der Waals surface area contributed by atoms with Crippen molar-refractivity contribution in [3.8, 4) is 0 Å². The molecule has 0 amide bonds. The number of esters is 1.